The lowest BCUT2D eigenvalue weighted by Gasteiger charge is -2.07. The van der Waals surface area contributed by atoms with Gasteiger partial charge in [0.2, 0.25) is 11.8 Å². The summed E-state index contributed by atoms with van der Waals surface area (Å²) in [7, 11) is 4.47. The zero-order chi connectivity index (χ0) is 24.1. The van der Waals surface area contributed by atoms with Gasteiger partial charge in [-0.2, -0.15) is 0 Å². The zero-order valence-electron chi connectivity index (χ0n) is 19.1. The van der Waals surface area contributed by atoms with E-state index in [1.165, 1.54) is 18.4 Å². The molecule has 0 spiro atoms. The molecular weight excluding hydrogens is 478 g/mol. The van der Waals surface area contributed by atoms with Crippen molar-refractivity contribution in [1.29, 1.82) is 0 Å². The molecule has 1 aliphatic rings. The van der Waals surface area contributed by atoms with E-state index < -0.39 is 5.97 Å². The van der Waals surface area contributed by atoms with Crippen LogP contribution in [0.2, 0.25) is 0 Å². The van der Waals surface area contributed by atoms with E-state index in [4.69, 9.17) is 18.6 Å². The van der Waals surface area contributed by atoms with Crippen molar-refractivity contribution in [1.82, 2.24) is 10.2 Å². The molecular formula is C23H25N3O6S2. The van der Waals surface area contributed by atoms with Gasteiger partial charge < -0.3 is 23.9 Å². The second-order valence-electron chi connectivity index (χ2n) is 7.54. The largest absolute Gasteiger partial charge is 0.493 e. The van der Waals surface area contributed by atoms with Gasteiger partial charge in [-0.15, -0.1) is 21.5 Å². The van der Waals surface area contributed by atoms with Gasteiger partial charge >= 0.3 is 5.97 Å². The number of hydrogen-bond acceptors (Lipinski definition) is 10. The fourth-order valence-corrected chi connectivity index (χ4v) is 5.65. The molecule has 34 heavy (non-hydrogen) atoms. The minimum absolute atomic E-state index is 0.0523. The number of aromatic nitrogens is 2. The molecule has 0 aliphatic heterocycles. The summed E-state index contributed by atoms with van der Waals surface area (Å²) in [6, 6.07) is 5.27. The van der Waals surface area contributed by atoms with Crippen molar-refractivity contribution < 1.29 is 28.2 Å². The Balaban J connectivity index is 1.43. The van der Waals surface area contributed by atoms with E-state index in [1.54, 1.807) is 32.4 Å². The molecule has 2 aromatic heterocycles. The Labute approximate surface area is 205 Å². The number of rotatable bonds is 8. The number of benzene rings is 1. The van der Waals surface area contributed by atoms with Crippen LogP contribution in [0.4, 0.5) is 5.00 Å². The van der Waals surface area contributed by atoms with Gasteiger partial charge in [0.1, 0.15) is 5.00 Å². The minimum Gasteiger partial charge on any atom is -0.493 e. The van der Waals surface area contributed by atoms with Crippen LogP contribution >= 0.6 is 23.1 Å². The summed E-state index contributed by atoms with van der Waals surface area (Å²) in [4.78, 5) is 26.3. The summed E-state index contributed by atoms with van der Waals surface area (Å²) in [6.45, 7) is 0. The number of esters is 1. The number of thioether (sulfide) groups is 1. The molecule has 2 heterocycles. The first-order valence-corrected chi connectivity index (χ1v) is 12.6. The summed E-state index contributed by atoms with van der Waals surface area (Å²) in [5.74, 6) is 0.809. The van der Waals surface area contributed by atoms with Crippen molar-refractivity contribution >= 4 is 40.0 Å². The molecule has 0 atom stereocenters. The van der Waals surface area contributed by atoms with Gasteiger partial charge in [0, 0.05) is 10.4 Å². The number of thiophene rings is 1. The molecule has 180 valence electrons. The molecule has 1 N–H and O–H groups in total. The average molecular weight is 504 g/mol. The smallest absolute Gasteiger partial charge is 0.341 e. The fraction of sp³-hybridized carbons (Fsp3) is 0.391. The van der Waals surface area contributed by atoms with Crippen LogP contribution < -0.4 is 14.8 Å². The highest BCUT2D eigenvalue weighted by atomic mass is 32.2. The standard InChI is InChI=1S/C23H25N3O6S2/c1-29-15-10-9-13(11-16(15)30-2)20-25-26-23(32-20)33-12-18(27)24-21-19(22(28)31-3)14-7-5-4-6-8-17(14)34-21/h9-11H,4-8,12H2,1-3H3,(H,24,27). The molecule has 1 amide bonds. The molecule has 9 nitrogen and oxygen atoms in total. The topological polar surface area (TPSA) is 113 Å². The van der Waals surface area contributed by atoms with Crippen molar-refractivity contribution in [2.45, 2.75) is 37.3 Å². The monoisotopic (exact) mass is 503 g/mol. The van der Waals surface area contributed by atoms with Gasteiger partial charge in [-0.05, 0) is 49.4 Å². The molecule has 1 aliphatic carbocycles. The predicted octanol–water partition coefficient (Wildman–Crippen LogP) is 4.60. The first-order chi connectivity index (χ1) is 16.5. The van der Waals surface area contributed by atoms with Crippen molar-refractivity contribution in [3.05, 3.63) is 34.2 Å². The number of hydrogen-bond donors (Lipinski definition) is 1. The number of fused-ring (bicyclic) bond motifs is 1. The number of anilines is 1. The maximum absolute atomic E-state index is 12.7. The number of nitrogens with one attached hydrogen (secondary N) is 1. The van der Waals surface area contributed by atoms with Gasteiger partial charge in [-0.3, -0.25) is 4.79 Å². The van der Waals surface area contributed by atoms with Crippen molar-refractivity contribution in [3.8, 4) is 23.0 Å². The highest BCUT2D eigenvalue weighted by Gasteiger charge is 2.26. The Morgan fingerprint density at radius 3 is 2.65 bits per heavy atom. The number of ether oxygens (including phenoxy) is 3. The third kappa shape index (κ3) is 5.20. The molecule has 0 unspecified atom stereocenters. The number of carbonyl (C=O) groups is 2. The van der Waals surface area contributed by atoms with Crippen LogP contribution in [0.15, 0.2) is 27.8 Å². The molecule has 0 fully saturated rings. The molecule has 0 saturated carbocycles. The maximum Gasteiger partial charge on any atom is 0.341 e. The summed E-state index contributed by atoms with van der Waals surface area (Å²) < 4.78 is 21.2. The van der Waals surface area contributed by atoms with E-state index in [2.05, 4.69) is 15.5 Å². The van der Waals surface area contributed by atoms with Gasteiger partial charge in [0.05, 0.1) is 32.6 Å². The SMILES string of the molecule is COC(=O)c1c(NC(=O)CSc2nnc(-c3ccc(OC)c(OC)c3)o2)sc2c1CCCCC2. The highest BCUT2D eigenvalue weighted by molar-refractivity contribution is 7.99. The molecule has 3 aromatic rings. The lowest BCUT2D eigenvalue weighted by atomic mass is 10.1. The Hall–Kier alpha value is -3.05. The normalized spacial score (nSPS) is 13.0. The number of amides is 1. The molecule has 0 radical (unpaired) electrons. The van der Waals surface area contributed by atoms with Crippen LogP contribution in [0, 0.1) is 0 Å². The Morgan fingerprint density at radius 1 is 1.09 bits per heavy atom. The average Bonchev–Trinajstić information content (AvgIpc) is 3.39. The van der Waals surface area contributed by atoms with E-state index in [0.29, 0.717) is 33.5 Å². The first-order valence-electron chi connectivity index (χ1n) is 10.8. The second-order valence-corrected chi connectivity index (χ2v) is 9.57. The maximum atomic E-state index is 12.7. The zero-order valence-corrected chi connectivity index (χ0v) is 20.8. The lowest BCUT2D eigenvalue weighted by Crippen LogP contribution is -2.16. The molecule has 4 rings (SSSR count). The van der Waals surface area contributed by atoms with E-state index in [0.717, 1.165) is 54.3 Å². The third-order valence-corrected chi connectivity index (χ3v) is 7.45. The van der Waals surface area contributed by atoms with E-state index in [1.807, 2.05) is 0 Å². The lowest BCUT2D eigenvalue weighted by molar-refractivity contribution is -0.113. The van der Waals surface area contributed by atoms with Gasteiger partial charge in [0.15, 0.2) is 11.5 Å². The Bertz CT molecular complexity index is 1190. The quantitative estimate of drug-likeness (QED) is 0.268. The number of carbonyl (C=O) groups excluding carboxylic acids is 2. The van der Waals surface area contributed by atoms with Crippen LogP contribution in [0.25, 0.3) is 11.5 Å². The fourth-order valence-electron chi connectivity index (χ4n) is 3.79. The highest BCUT2D eigenvalue weighted by Crippen LogP contribution is 2.38. The molecule has 11 heteroatoms. The van der Waals surface area contributed by atoms with Crippen molar-refractivity contribution in [3.63, 3.8) is 0 Å². The van der Waals surface area contributed by atoms with Crippen LogP contribution in [0.1, 0.15) is 40.1 Å². The molecule has 1 aromatic carbocycles. The summed E-state index contributed by atoms with van der Waals surface area (Å²) in [5, 5.41) is 11.8. The van der Waals surface area contributed by atoms with E-state index in [9.17, 15) is 9.59 Å². The summed E-state index contributed by atoms with van der Waals surface area (Å²) >= 11 is 2.58. The van der Waals surface area contributed by atoms with E-state index >= 15 is 0 Å². The number of methoxy groups -OCH3 is 3. The number of nitrogens with zero attached hydrogens (tertiary/aromatic N) is 2. The predicted molar refractivity (Wildman–Crippen MR) is 129 cm³/mol. The summed E-state index contributed by atoms with van der Waals surface area (Å²) in [5.41, 5.74) is 2.16. The summed E-state index contributed by atoms with van der Waals surface area (Å²) in [6.07, 6.45) is 4.97. The minimum atomic E-state index is -0.418. The van der Waals surface area contributed by atoms with Crippen LogP contribution in [-0.4, -0.2) is 49.2 Å². The van der Waals surface area contributed by atoms with Gasteiger partial charge in [-0.1, -0.05) is 18.2 Å². The van der Waals surface area contributed by atoms with Crippen LogP contribution in [0.5, 0.6) is 11.5 Å². The number of aryl methyl sites for hydroxylation is 1. The molecule has 0 saturated heterocycles. The Morgan fingerprint density at radius 2 is 1.88 bits per heavy atom. The van der Waals surface area contributed by atoms with Gasteiger partial charge in [0.25, 0.3) is 5.22 Å². The molecule has 0 bridgehead atoms. The third-order valence-electron chi connectivity index (χ3n) is 5.43. The second kappa shape index (κ2) is 10.9. The van der Waals surface area contributed by atoms with E-state index in [-0.39, 0.29) is 16.9 Å². The Kier molecular flexibility index (Phi) is 7.73. The first kappa shape index (κ1) is 24.1. The van der Waals surface area contributed by atoms with Crippen LogP contribution in [-0.2, 0) is 22.4 Å². The van der Waals surface area contributed by atoms with Crippen molar-refractivity contribution in [2.75, 3.05) is 32.4 Å². The van der Waals surface area contributed by atoms with Crippen molar-refractivity contribution in [2.24, 2.45) is 0 Å². The van der Waals surface area contributed by atoms with Gasteiger partial charge in [-0.25, -0.2) is 4.79 Å². The van der Waals surface area contributed by atoms with Crippen LogP contribution in [0.3, 0.4) is 0 Å².